The van der Waals surface area contributed by atoms with Crippen molar-refractivity contribution in [3.63, 3.8) is 0 Å². The van der Waals surface area contributed by atoms with Gasteiger partial charge in [0.05, 0.1) is 22.4 Å². The smallest absolute Gasteiger partial charge is 0.237 e. The number of hydrogen-bond donors (Lipinski definition) is 0. The highest BCUT2D eigenvalue weighted by Crippen LogP contribution is 2.44. The van der Waals surface area contributed by atoms with Crippen LogP contribution >= 0.6 is 11.3 Å². The second-order valence-corrected chi connectivity index (χ2v) is 8.25. The number of thiophene rings is 1. The molecular weight excluding hydrogens is 362 g/mol. The lowest BCUT2D eigenvalue weighted by Gasteiger charge is -2.25. The molecule has 1 saturated carbocycles. The van der Waals surface area contributed by atoms with E-state index in [0.29, 0.717) is 22.2 Å². The van der Waals surface area contributed by atoms with Crippen LogP contribution in [-0.4, -0.2) is 24.2 Å². The summed E-state index contributed by atoms with van der Waals surface area (Å²) in [6.07, 6.45) is 2.49. The summed E-state index contributed by atoms with van der Waals surface area (Å²) in [5.41, 5.74) is 0.438. The Kier molecular flexibility index (Phi) is 4.83. The van der Waals surface area contributed by atoms with Gasteiger partial charge in [0.25, 0.3) is 0 Å². The number of para-hydroxylation sites is 2. The van der Waals surface area contributed by atoms with Crippen molar-refractivity contribution in [2.75, 3.05) is 11.5 Å². The number of rotatable bonds is 5. The number of nitrogens with zero attached hydrogens (tertiary/aromatic N) is 1. The first-order chi connectivity index (χ1) is 13.1. The number of carbonyl (C=O) groups excluding carboxylic acids is 3. The molecule has 27 heavy (non-hydrogen) atoms. The van der Waals surface area contributed by atoms with Gasteiger partial charge in [-0.3, -0.25) is 14.4 Å². The van der Waals surface area contributed by atoms with Gasteiger partial charge in [0.1, 0.15) is 5.75 Å². The number of fused-ring (bicyclic) bond motifs is 1. The number of carbonyl (C=O) groups is 3. The van der Waals surface area contributed by atoms with Crippen LogP contribution in [0.5, 0.6) is 5.75 Å². The van der Waals surface area contributed by atoms with E-state index in [4.69, 9.17) is 4.74 Å². The molecule has 1 aliphatic carbocycles. The summed E-state index contributed by atoms with van der Waals surface area (Å²) in [7, 11) is 0. The van der Waals surface area contributed by atoms with Crippen molar-refractivity contribution < 1.29 is 19.1 Å². The first-order valence-corrected chi connectivity index (χ1v) is 10.1. The molecule has 140 valence electrons. The molecule has 1 aromatic carbocycles. The zero-order valence-electron chi connectivity index (χ0n) is 15.1. The molecule has 1 aliphatic heterocycles. The second-order valence-electron chi connectivity index (χ2n) is 7.30. The van der Waals surface area contributed by atoms with Crippen LogP contribution in [0.4, 0.5) is 5.69 Å². The summed E-state index contributed by atoms with van der Waals surface area (Å²) in [6.45, 7) is 2.00. The minimum Gasteiger partial charge on any atom is -0.483 e. The van der Waals surface area contributed by atoms with Crippen molar-refractivity contribution in [3.05, 3.63) is 46.7 Å². The Morgan fingerprint density at radius 2 is 1.89 bits per heavy atom. The molecular formula is C21H21NO4S. The second kappa shape index (κ2) is 7.27. The SMILES string of the molecule is CC1CCC2C(=O)N(c3ccccc3OCC(=O)c3cccs3)C(=O)C2C1. The standard InChI is InChI=1S/C21H21NO4S/c1-13-8-9-14-15(11-13)21(25)22(20(14)24)16-5-2-3-6-18(16)26-12-17(23)19-7-4-10-27-19/h2-7,10,13-15H,8-9,11-12H2,1H3. The highest BCUT2D eigenvalue weighted by molar-refractivity contribution is 7.12. The predicted molar refractivity (Wildman–Crippen MR) is 103 cm³/mol. The quantitative estimate of drug-likeness (QED) is 0.580. The lowest BCUT2D eigenvalue weighted by atomic mass is 9.76. The van der Waals surface area contributed by atoms with E-state index in [1.54, 1.807) is 30.3 Å². The van der Waals surface area contributed by atoms with Crippen molar-refractivity contribution >= 4 is 34.6 Å². The summed E-state index contributed by atoms with van der Waals surface area (Å²) in [4.78, 5) is 40.0. The van der Waals surface area contributed by atoms with Gasteiger partial charge in [-0.25, -0.2) is 4.90 Å². The van der Waals surface area contributed by atoms with E-state index < -0.39 is 0 Å². The lowest BCUT2D eigenvalue weighted by Crippen LogP contribution is -2.31. The Hall–Kier alpha value is -2.47. The molecule has 2 amide bonds. The van der Waals surface area contributed by atoms with Gasteiger partial charge in [-0.2, -0.15) is 0 Å². The lowest BCUT2D eigenvalue weighted by molar-refractivity contribution is -0.122. The summed E-state index contributed by atoms with van der Waals surface area (Å²) in [5.74, 6) is -0.0266. The fourth-order valence-corrected chi connectivity index (χ4v) is 4.69. The molecule has 5 nitrogen and oxygen atoms in total. The predicted octanol–water partition coefficient (Wildman–Crippen LogP) is 3.94. The molecule has 3 unspecified atom stereocenters. The van der Waals surface area contributed by atoms with E-state index in [2.05, 4.69) is 6.92 Å². The molecule has 1 aromatic heterocycles. The maximum Gasteiger partial charge on any atom is 0.237 e. The fraction of sp³-hybridized carbons (Fsp3) is 0.381. The number of anilines is 1. The Morgan fingerprint density at radius 3 is 2.67 bits per heavy atom. The van der Waals surface area contributed by atoms with E-state index in [0.717, 1.165) is 19.3 Å². The van der Waals surface area contributed by atoms with E-state index in [-0.39, 0.29) is 36.0 Å². The zero-order chi connectivity index (χ0) is 19.0. The number of ether oxygens (including phenoxy) is 1. The van der Waals surface area contributed by atoms with E-state index >= 15 is 0 Å². The topological polar surface area (TPSA) is 63.7 Å². The number of amides is 2. The van der Waals surface area contributed by atoms with Crippen LogP contribution in [0.1, 0.15) is 35.9 Å². The summed E-state index contributed by atoms with van der Waals surface area (Å²) < 4.78 is 5.72. The van der Waals surface area contributed by atoms with Gasteiger partial charge < -0.3 is 4.74 Å². The molecule has 6 heteroatoms. The van der Waals surface area contributed by atoms with Gasteiger partial charge >= 0.3 is 0 Å². The zero-order valence-corrected chi connectivity index (χ0v) is 15.9. The number of benzene rings is 1. The molecule has 3 atom stereocenters. The van der Waals surface area contributed by atoms with E-state index in [1.807, 2.05) is 11.4 Å². The fourth-order valence-electron chi connectivity index (χ4n) is 4.04. The van der Waals surface area contributed by atoms with Crippen LogP contribution in [0.15, 0.2) is 41.8 Å². The molecule has 2 heterocycles. The van der Waals surface area contributed by atoms with Crippen molar-refractivity contribution in [1.82, 2.24) is 0 Å². The third-order valence-electron chi connectivity index (χ3n) is 5.45. The Balaban J connectivity index is 1.56. The summed E-state index contributed by atoms with van der Waals surface area (Å²) in [6, 6.07) is 10.5. The average molecular weight is 383 g/mol. The van der Waals surface area contributed by atoms with Crippen LogP contribution in [-0.2, 0) is 9.59 Å². The minimum atomic E-state index is -0.234. The Bertz CT molecular complexity index is 876. The van der Waals surface area contributed by atoms with Gasteiger partial charge in [0.2, 0.25) is 17.6 Å². The first kappa shape index (κ1) is 17.9. The average Bonchev–Trinajstić information content (AvgIpc) is 3.28. The normalized spacial score (nSPS) is 24.8. The van der Waals surface area contributed by atoms with Gasteiger partial charge in [0.15, 0.2) is 6.61 Å². The number of imide groups is 1. The highest BCUT2D eigenvalue weighted by Gasteiger charge is 2.50. The summed E-state index contributed by atoms with van der Waals surface area (Å²) in [5, 5.41) is 1.84. The van der Waals surface area contributed by atoms with Crippen LogP contribution in [0.3, 0.4) is 0 Å². The number of Topliss-reactive ketones (excluding diaryl/α,β-unsaturated/α-hetero) is 1. The van der Waals surface area contributed by atoms with Crippen molar-refractivity contribution in [3.8, 4) is 5.75 Å². The highest BCUT2D eigenvalue weighted by atomic mass is 32.1. The maximum atomic E-state index is 13.0. The molecule has 0 N–H and O–H groups in total. The minimum absolute atomic E-state index is 0.124. The van der Waals surface area contributed by atoms with Crippen molar-refractivity contribution in [2.24, 2.45) is 17.8 Å². The van der Waals surface area contributed by atoms with Crippen LogP contribution < -0.4 is 9.64 Å². The van der Waals surface area contributed by atoms with Crippen LogP contribution in [0, 0.1) is 17.8 Å². The molecule has 0 radical (unpaired) electrons. The summed E-state index contributed by atoms with van der Waals surface area (Å²) >= 11 is 1.36. The molecule has 2 aliphatic rings. The third-order valence-corrected chi connectivity index (χ3v) is 6.36. The third kappa shape index (κ3) is 3.30. The molecule has 0 spiro atoms. The molecule has 0 bridgehead atoms. The Morgan fingerprint density at radius 1 is 1.11 bits per heavy atom. The molecule has 1 saturated heterocycles. The first-order valence-electron chi connectivity index (χ1n) is 9.22. The van der Waals surface area contributed by atoms with Crippen molar-refractivity contribution in [1.29, 1.82) is 0 Å². The van der Waals surface area contributed by atoms with Gasteiger partial charge in [-0.05, 0) is 48.8 Å². The van der Waals surface area contributed by atoms with E-state index in [1.165, 1.54) is 16.2 Å². The van der Waals surface area contributed by atoms with Crippen molar-refractivity contribution in [2.45, 2.75) is 26.2 Å². The van der Waals surface area contributed by atoms with Gasteiger partial charge in [-0.15, -0.1) is 11.3 Å². The maximum absolute atomic E-state index is 13.0. The van der Waals surface area contributed by atoms with E-state index in [9.17, 15) is 14.4 Å². The largest absolute Gasteiger partial charge is 0.483 e. The van der Waals surface area contributed by atoms with Crippen LogP contribution in [0.2, 0.25) is 0 Å². The van der Waals surface area contributed by atoms with Gasteiger partial charge in [0, 0.05) is 0 Å². The Labute approximate surface area is 161 Å². The molecule has 2 fully saturated rings. The monoisotopic (exact) mass is 383 g/mol. The number of hydrogen-bond acceptors (Lipinski definition) is 5. The van der Waals surface area contributed by atoms with Gasteiger partial charge in [-0.1, -0.05) is 25.1 Å². The molecule has 2 aromatic rings. The van der Waals surface area contributed by atoms with Crippen LogP contribution in [0.25, 0.3) is 0 Å². The molecule has 4 rings (SSSR count). The number of ketones is 1.